The number of ether oxygens (including phenoxy) is 1. The van der Waals surface area contributed by atoms with E-state index in [9.17, 15) is 8.42 Å². The molecule has 3 aliphatic rings. The van der Waals surface area contributed by atoms with Gasteiger partial charge in [-0.25, -0.2) is 4.83 Å². The lowest BCUT2D eigenvalue weighted by atomic mass is 9.58. The monoisotopic (exact) mass is 350 g/mol. The maximum Gasteiger partial charge on any atom is 0.276 e. The maximum absolute atomic E-state index is 12.5. The molecule has 1 aromatic rings. The average Bonchev–Trinajstić information content (AvgIpc) is 2.55. The predicted octanol–water partition coefficient (Wildman–Crippen LogP) is 3.39. The molecule has 0 amide bonds. The van der Waals surface area contributed by atoms with Gasteiger partial charge in [0.05, 0.1) is 10.5 Å². The summed E-state index contributed by atoms with van der Waals surface area (Å²) in [6.07, 6.45) is 4.77. The van der Waals surface area contributed by atoms with Crippen molar-refractivity contribution in [3.63, 3.8) is 0 Å². The molecule has 0 heterocycles. The third kappa shape index (κ3) is 3.22. The van der Waals surface area contributed by atoms with Gasteiger partial charge in [-0.05, 0) is 51.7 Å². The number of nitrogens with zero attached hydrogens (tertiary/aromatic N) is 1. The summed E-state index contributed by atoms with van der Waals surface area (Å²) in [5, 5.41) is 4.33. The molecular weight excluding hydrogens is 324 g/mol. The Labute approximate surface area is 144 Å². The van der Waals surface area contributed by atoms with Gasteiger partial charge >= 0.3 is 0 Å². The highest BCUT2D eigenvalue weighted by atomic mass is 32.2. The molecule has 0 aromatic heterocycles. The Bertz CT molecular complexity index is 730. The van der Waals surface area contributed by atoms with Gasteiger partial charge in [-0.1, -0.05) is 24.6 Å². The number of sulfonamides is 1. The first-order chi connectivity index (χ1) is 11.3. The van der Waals surface area contributed by atoms with Crippen molar-refractivity contribution in [2.75, 3.05) is 6.61 Å². The lowest BCUT2D eigenvalue weighted by Gasteiger charge is -2.52. The number of benzene rings is 1. The molecule has 3 aliphatic carbocycles. The van der Waals surface area contributed by atoms with Gasteiger partial charge in [-0.2, -0.15) is 13.5 Å². The van der Waals surface area contributed by atoms with Crippen molar-refractivity contribution >= 4 is 15.7 Å². The number of hydrogen-bond acceptors (Lipinski definition) is 4. The number of hydrazone groups is 1. The predicted molar refractivity (Wildman–Crippen MR) is 94.5 cm³/mol. The zero-order chi connectivity index (χ0) is 17.4. The van der Waals surface area contributed by atoms with E-state index < -0.39 is 10.0 Å². The fourth-order valence-corrected chi connectivity index (χ4v) is 4.63. The van der Waals surface area contributed by atoms with Crippen LogP contribution in [0.3, 0.4) is 0 Å². The summed E-state index contributed by atoms with van der Waals surface area (Å²) in [7, 11) is -3.63. The Balaban J connectivity index is 1.81. The molecule has 0 unspecified atom stereocenters. The summed E-state index contributed by atoms with van der Waals surface area (Å²) < 4.78 is 30.9. The van der Waals surface area contributed by atoms with Gasteiger partial charge in [0.25, 0.3) is 10.0 Å². The van der Waals surface area contributed by atoms with Gasteiger partial charge < -0.3 is 4.74 Å². The first kappa shape index (κ1) is 17.4. The van der Waals surface area contributed by atoms with E-state index in [-0.39, 0.29) is 15.9 Å². The van der Waals surface area contributed by atoms with Crippen LogP contribution in [0.15, 0.2) is 34.3 Å². The summed E-state index contributed by atoms with van der Waals surface area (Å²) in [5.41, 5.74) is 1.77. The second-order valence-electron chi connectivity index (χ2n) is 7.32. The van der Waals surface area contributed by atoms with Crippen LogP contribution in [0.25, 0.3) is 0 Å². The SMILES string of the molecule is CCOC12CCC(C)(CC1)/C(=N/NS(=O)(=O)c1ccc(C)cc1)C2. The normalized spacial score (nSPS) is 31.4. The molecule has 0 spiro atoms. The Morgan fingerprint density at radius 2 is 1.79 bits per heavy atom. The molecule has 0 radical (unpaired) electrons. The van der Waals surface area contributed by atoms with Gasteiger partial charge in [0, 0.05) is 24.2 Å². The van der Waals surface area contributed by atoms with E-state index >= 15 is 0 Å². The van der Waals surface area contributed by atoms with Crippen molar-refractivity contribution in [3.8, 4) is 0 Å². The standard InChI is InChI=1S/C18H26N2O3S/c1-4-23-18-11-9-17(3,10-12-18)16(13-18)19-20-24(21,22)15-7-5-14(2)6-8-15/h5-8,20H,4,9-13H2,1-3H3/b19-16+. The van der Waals surface area contributed by atoms with Crippen LogP contribution >= 0.6 is 0 Å². The van der Waals surface area contributed by atoms with Crippen LogP contribution in [-0.4, -0.2) is 26.3 Å². The Hall–Kier alpha value is -1.40. The molecule has 6 heteroatoms. The summed E-state index contributed by atoms with van der Waals surface area (Å²) >= 11 is 0. The summed E-state index contributed by atoms with van der Waals surface area (Å²) in [6, 6.07) is 6.79. The minimum absolute atomic E-state index is 0.0192. The van der Waals surface area contributed by atoms with E-state index in [2.05, 4.69) is 16.9 Å². The van der Waals surface area contributed by atoms with Crippen LogP contribution < -0.4 is 4.83 Å². The summed E-state index contributed by atoms with van der Waals surface area (Å²) in [6.45, 7) is 6.80. The zero-order valence-electron chi connectivity index (χ0n) is 14.6. The second-order valence-corrected chi connectivity index (χ2v) is 8.98. The average molecular weight is 350 g/mol. The van der Waals surface area contributed by atoms with Crippen LogP contribution in [0, 0.1) is 12.3 Å². The number of aryl methyl sites for hydroxylation is 1. The van der Waals surface area contributed by atoms with E-state index in [1.54, 1.807) is 24.3 Å². The number of hydrogen-bond donors (Lipinski definition) is 1. The molecule has 5 nitrogen and oxygen atoms in total. The summed E-state index contributed by atoms with van der Waals surface area (Å²) in [5.74, 6) is 0. The van der Waals surface area contributed by atoms with Gasteiger partial charge in [-0.15, -0.1) is 0 Å². The highest BCUT2D eigenvalue weighted by Crippen LogP contribution is 2.52. The van der Waals surface area contributed by atoms with Crippen LogP contribution in [0.2, 0.25) is 0 Å². The quantitative estimate of drug-likeness (QED) is 0.828. The Morgan fingerprint density at radius 3 is 2.38 bits per heavy atom. The number of fused-ring (bicyclic) bond motifs is 3. The van der Waals surface area contributed by atoms with Crippen molar-refractivity contribution in [1.82, 2.24) is 4.83 Å². The molecule has 1 N–H and O–H groups in total. The van der Waals surface area contributed by atoms with Crippen LogP contribution in [0.4, 0.5) is 0 Å². The topological polar surface area (TPSA) is 67.8 Å². The minimum atomic E-state index is -3.63. The van der Waals surface area contributed by atoms with Crippen LogP contribution in [0.5, 0.6) is 0 Å². The van der Waals surface area contributed by atoms with Crippen molar-refractivity contribution in [2.45, 2.75) is 63.4 Å². The molecular formula is C18H26N2O3S. The molecule has 1 aromatic carbocycles. The lowest BCUT2D eigenvalue weighted by molar-refractivity contribution is -0.0874. The van der Waals surface area contributed by atoms with E-state index in [0.29, 0.717) is 13.0 Å². The number of rotatable bonds is 5. The molecule has 3 saturated carbocycles. The van der Waals surface area contributed by atoms with Gasteiger partial charge in [0.2, 0.25) is 0 Å². The van der Waals surface area contributed by atoms with E-state index in [1.807, 2.05) is 13.8 Å². The first-order valence-electron chi connectivity index (χ1n) is 8.58. The second kappa shape index (κ2) is 6.15. The highest BCUT2D eigenvalue weighted by Gasteiger charge is 2.51. The fraction of sp³-hybridized carbons (Fsp3) is 0.611. The molecule has 0 aliphatic heterocycles. The Kier molecular flexibility index (Phi) is 4.47. The third-order valence-electron chi connectivity index (χ3n) is 5.53. The largest absolute Gasteiger partial charge is 0.375 e. The van der Waals surface area contributed by atoms with Crippen molar-refractivity contribution in [3.05, 3.63) is 29.8 Å². The first-order valence-corrected chi connectivity index (χ1v) is 10.1. The van der Waals surface area contributed by atoms with Crippen LogP contribution in [-0.2, 0) is 14.8 Å². The van der Waals surface area contributed by atoms with Crippen molar-refractivity contribution in [2.24, 2.45) is 10.5 Å². The lowest BCUT2D eigenvalue weighted by Crippen LogP contribution is -2.53. The van der Waals surface area contributed by atoms with Crippen LogP contribution in [0.1, 0.15) is 51.5 Å². The van der Waals surface area contributed by atoms with Gasteiger partial charge in [0.15, 0.2) is 0 Å². The molecule has 132 valence electrons. The van der Waals surface area contributed by atoms with Crippen molar-refractivity contribution in [1.29, 1.82) is 0 Å². The summed E-state index contributed by atoms with van der Waals surface area (Å²) in [4.78, 5) is 2.68. The smallest absolute Gasteiger partial charge is 0.276 e. The number of nitrogens with one attached hydrogen (secondary N) is 1. The highest BCUT2D eigenvalue weighted by molar-refractivity contribution is 7.89. The molecule has 4 rings (SSSR count). The zero-order valence-corrected chi connectivity index (χ0v) is 15.4. The minimum Gasteiger partial charge on any atom is -0.375 e. The van der Waals surface area contributed by atoms with Gasteiger partial charge in [0.1, 0.15) is 0 Å². The van der Waals surface area contributed by atoms with Gasteiger partial charge in [-0.3, -0.25) is 0 Å². The molecule has 3 fully saturated rings. The Morgan fingerprint density at radius 1 is 1.17 bits per heavy atom. The van der Waals surface area contributed by atoms with E-state index in [4.69, 9.17) is 4.74 Å². The van der Waals surface area contributed by atoms with Crippen molar-refractivity contribution < 1.29 is 13.2 Å². The van der Waals surface area contributed by atoms with E-state index in [1.165, 1.54) is 0 Å². The fourth-order valence-electron chi connectivity index (χ4n) is 3.80. The molecule has 0 atom stereocenters. The third-order valence-corrected chi connectivity index (χ3v) is 6.76. The molecule has 0 saturated heterocycles. The molecule has 24 heavy (non-hydrogen) atoms. The molecule has 2 bridgehead atoms. The maximum atomic E-state index is 12.5. The van der Waals surface area contributed by atoms with E-state index in [0.717, 1.165) is 37.0 Å².